The summed E-state index contributed by atoms with van der Waals surface area (Å²) in [6, 6.07) is 8.61. The van der Waals surface area contributed by atoms with Crippen molar-refractivity contribution in [2.75, 3.05) is 32.7 Å². The van der Waals surface area contributed by atoms with Gasteiger partial charge in [0.05, 0.1) is 20.4 Å². The lowest BCUT2D eigenvalue weighted by Gasteiger charge is -2.25. The molecule has 8 nitrogen and oxygen atoms in total. The van der Waals surface area contributed by atoms with Crippen molar-refractivity contribution in [3.63, 3.8) is 0 Å². The fourth-order valence-electron chi connectivity index (χ4n) is 3.03. The van der Waals surface area contributed by atoms with Crippen LogP contribution in [-0.2, 0) is 10.0 Å². The van der Waals surface area contributed by atoms with Crippen molar-refractivity contribution in [3.05, 3.63) is 42.1 Å². The Balaban J connectivity index is 1.69. The predicted octanol–water partition coefficient (Wildman–Crippen LogP) is 2.72. The summed E-state index contributed by atoms with van der Waals surface area (Å²) >= 11 is 0. The van der Waals surface area contributed by atoms with Crippen molar-refractivity contribution in [3.8, 4) is 11.5 Å². The third kappa shape index (κ3) is 4.42. The Hall–Kier alpha value is -2.65. The SMILES string of the molecule is COc1cccc(/C=N/Nc2ccc(S(=O)(=O)N3CCCCC3)cn2)c1OC. The van der Waals surface area contributed by atoms with E-state index in [1.807, 2.05) is 12.1 Å². The number of nitrogens with one attached hydrogen (secondary N) is 1. The van der Waals surface area contributed by atoms with Gasteiger partial charge in [-0.2, -0.15) is 9.41 Å². The molecule has 0 saturated carbocycles. The molecule has 1 N–H and O–H groups in total. The van der Waals surface area contributed by atoms with Crippen LogP contribution in [-0.4, -0.2) is 51.2 Å². The lowest BCUT2D eigenvalue weighted by molar-refractivity contribution is 0.346. The van der Waals surface area contributed by atoms with Gasteiger partial charge >= 0.3 is 0 Å². The summed E-state index contributed by atoms with van der Waals surface area (Å²) in [5, 5.41) is 4.14. The molecule has 0 aliphatic carbocycles. The largest absolute Gasteiger partial charge is 0.493 e. The van der Waals surface area contributed by atoms with Crippen molar-refractivity contribution >= 4 is 22.1 Å². The fourth-order valence-corrected chi connectivity index (χ4v) is 4.50. The monoisotopic (exact) mass is 404 g/mol. The Kier molecular flexibility index (Phi) is 6.48. The molecule has 1 aliphatic rings. The molecule has 0 spiro atoms. The maximum atomic E-state index is 12.6. The highest BCUT2D eigenvalue weighted by atomic mass is 32.2. The Morgan fingerprint density at radius 2 is 1.89 bits per heavy atom. The highest BCUT2D eigenvalue weighted by Crippen LogP contribution is 2.29. The van der Waals surface area contributed by atoms with E-state index in [0.717, 1.165) is 24.8 Å². The van der Waals surface area contributed by atoms with Gasteiger partial charge in [0.1, 0.15) is 10.7 Å². The van der Waals surface area contributed by atoms with E-state index in [1.165, 1.54) is 10.5 Å². The average molecular weight is 404 g/mol. The van der Waals surface area contributed by atoms with Gasteiger partial charge in [0, 0.05) is 24.8 Å². The summed E-state index contributed by atoms with van der Waals surface area (Å²) in [6.45, 7) is 1.13. The lowest BCUT2D eigenvalue weighted by Crippen LogP contribution is -2.35. The summed E-state index contributed by atoms with van der Waals surface area (Å²) in [4.78, 5) is 4.35. The second kappa shape index (κ2) is 9.03. The van der Waals surface area contributed by atoms with Gasteiger partial charge in [-0.3, -0.25) is 5.43 Å². The van der Waals surface area contributed by atoms with Crippen LogP contribution < -0.4 is 14.9 Å². The van der Waals surface area contributed by atoms with Gasteiger partial charge in [0.25, 0.3) is 0 Å². The Morgan fingerprint density at radius 1 is 1.11 bits per heavy atom. The zero-order valence-corrected chi connectivity index (χ0v) is 16.8. The predicted molar refractivity (Wildman–Crippen MR) is 108 cm³/mol. The normalized spacial score (nSPS) is 15.5. The molecule has 1 aromatic carbocycles. The van der Waals surface area contributed by atoms with Gasteiger partial charge in [-0.05, 0) is 37.1 Å². The van der Waals surface area contributed by atoms with Crippen molar-refractivity contribution in [2.24, 2.45) is 5.10 Å². The number of pyridine rings is 1. The molecule has 2 heterocycles. The zero-order chi connectivity index (χ0) is 20.0. The van der Waals surface area contributed by atoms with Gasteiger partial charge in [-0.1, -0.05) is 12.5 Å². The molecule has 150 valence electrons. The topological polar surface area (TPSA) is 93.1 Å². The molecule has 1 aromatic heterocycles. The van der Waals surface area contributed by atoms with E-state index in [9.17, 15) is 8.42 Å². The van der Waals surface area contributed by atoms with Crippen LogP contribution in [0.1, 0.15) is 24.8 Å². The number of hydrogen-bond acceptors (Lipinski definition) is 7. The van der Waals surface area contributed by atoms with E-state index >= 15 is 0 Å². The number of hydrogen-bond donors (Lipinski definition) is 1. The highest BCUT2D eigenvalue weighted by Gasteiger charge is 2.26. The minimum Gasteiger partial charge on any atom is -0.493 e. The highest BCUT2D eigenvalue weighted by molar-refractivity contribution is 7.89. The number of benzene rings is 1. The fraction of sp³-hybridized carbons (Fsp3) is 0.368. The summed E-state index contributed by atoms with van der Waals surface area (Å²) in [6.07, 6.45) is 5.81. The number of rotatable bonds is 7. The van der Waals surface area contributed by atoms with E-state index in [4.69, 9.17) is 9.47 Å². The average Bonchev–Trinajstić information content (AvgIpc) is 2.74. The molecule has 0 atom stereocenters. The number of ether oxygens (including phenoxy) is 2. The van der Waals surface area contributed by atoms with E-state index in [2.05, 4.69) is 15.5 Å². The molecular weight excluding hydrogens is 380 g/mol. The van der Waals surface area contributed by atoms with Crippen LogP contribution in [0.4, 0.5) is 5.82 Å². The smallest absolute Gasteiger partial charge is 0.244 e. The first-order valence-corrected chi connectivity index (χ1v) is 10.5. The van der Waals surface area contributed by atoms with Crippen LogP contribution in [0.5, 0.6) is 11.5 Å². The number of methoxy groups -OCH3 is 2. The molecule has 9 heteroatoms. The Labute approximate surface area is 165 Å². The number of hydrazone groups is 1. The first-order chi connectivity index (χ1) is 13.6. The van der Waals surface area contributed by atoms with E-state index in [1.54, 1.807) is 38.6 Å². The minimum atomic E-state index is -3.48. The molecule has 1 aliphatic heterocycles. The first-order valence-electron chi connectivity index (χ1n) is 9.02. The summed E-state index contributed by atoms with van der Waals surface area (Å²) in [7, 11) is -0.354. The van der Waals surface area contributed by atoms with Crippen molar-refractivity contribution in [1.29, 1.82) is 0 Å². The molecule has 0 unspecified atom stereocenters. The summed E-state index contributed by atoms with van der Waals surface area (Å²) in [5.74, 6) is 1.62. The standard InChI is InChI=1S/C19H24N4O4S/c1-26-17-8-6-7-15(19(17)27-2)13-21-22-18-10-9-16(14-20-18)28(24,25)23-11-4-3-5-12-23/h6-10,13-14H,3-5,11-12H2,1-2H3,(H,20,22)/b21-13+. The summed E-state index contributed by atoms with van der Waals surface area (Å²) in [5.41, 5.74) is 3.53. The number of aromatic nitrogens is 1. The van der Waals surface area contributed by atoms with Gasteiger partial charge in [0.15, 0.2) is 11.5 Å². The quantitative estimate of drug-likeness (QED) is 0.563. The van der Waals surface area contributed by atoms with Crippen LogP contribution in [0, 0.1) is 0 Å². The minimum absolute atomic E-state index is 0.193. The third-order valence-electron chi connectivity index (χ3n) is 4.51. The molecule has 1 fully saturated rings. The van der Waals surface area contributed by atoms with Crippen LogP contribution in [0.3, 0.4) is 0 Å². The molecule has 0 radical (unpaired) electrons. The molecule has 0 amide bonds. The molecule has 28 heavy (non-hydrogen) atoms. The maximum Gasteiger partial charge on any atom is 0.244 e. The molecule has 1 saturated heterocycles. The van der Waals surface area contributed by atoms with Crippen LogP contribution >= 0.6 is 0 Å². The number of para-hydroxylation sites is 1. The number of anilines is 1. The first kappa shape index (κ1) is 20.1. The molecule has 0 bridgehead atoms. The lowest BCUT2D eigenvalue weighted by atomic mass is 10.2. The zero-order valence-electron chi connectivity index (χ0n) is 16.0. The number of nitrogens with zero attached hydrogens (tertiary/aromatic N) is 3. The van der Waals surface area contributed by atoms with Crippen LogP contribution in [0.25, 0.3) is 0 Å². The van der Waals surface area contributed by atoms with Gasteiger partial charge < -0.3 is 9.47 Å². The number of sulfonamides is 1. The maximum absolute atomic E-state index is 12.6. The molecule has 3 rings (SSSR count). The van der Waals surface area contributed by atoms with Crippen molar-refractivity contribution in [2.45, 2.75) is 24.2 Å². The van der Waals surface area contributed by atoms with E-state index < -0.39 is 10.0 Å². The van der Waals surface area contributed by atoms with Crippen LogP contribution in [0.15, 0.2) is 46.5 Å². The van der Waals surface area contributed by atoms with Crippen LogP contribution in [0.2, 0.25) is 0 Å². The molecular formula is C19H24N4O4S. The van der Waals surface area contributed by atoms with Crippen molar-refractivity contribution in [1.82, 2.24) is 9.29 Å². The summed E-state index contributed by atoms with van der Waals surface area (Å²) < 4.78 is 37.4. The van der Waals surface area contributed by atoms with Gasteiger partial charge in [-0.25, -0.2) is 13.4 Å². The van der Waals surface area contributed by atoms with Gasteiger partial charge in [0.2, 0.25) is 10.0 Å². The van der Waals surface area contributed by atoms with Crippen molar-refractivity contribution < 1.29 is 17.9 Å². The Bertz CT molecular complexity index is 923. The second-order valence-electron chi connectivity index (χ2n) is 6.30. The third-order valence-corrected chi connectivity index (χ3v) is 6.39. The molecule has 2 aromatic rings. The number of piperidine rings is 1. The Morgan fingerprint density at radius 3 is 2.54 bits per heavy atom. The van der Waals surface area contributed by atoms with E-state index in [-0.39, 0.29) is 4.90 Å². The van der Waals surface area contributed by atoms with E-state index in [0.29, 0.717) is 30.4 Å². The second-order valence-corrected chi connectivity index (χ2v) is 8.23. The van der Waals surface area contributed by atoms with Gasteiger partial charge in [-0.15, -0.1) is 0 Å².